The van der Waals surface area contributed by atoms with Crippen molar-refractivity contribution in [3.8, 4) is 5.75 Å². The molecular formula is C17H18N2O2. The zero-order valence-electron chi connectivity index (χ0n) is 11.9. The molecule has 2 N–H and O–H groups in total. The molecule has 21 heavy (non-hydrogen) atoms. The summed E-state index contributed by atoms with van der Waals surface area (Å²) in [7, 11) is 0. The van der Waals surface area contributed by atoms with Crippen molar-refractivity contribution in [2.24, 2.45) is 0 Å². The molecule has 1 atom stereocenters. The highest BCUT2D eigenvalue weighted by Crippen LogP contribution is 2.31. The minimum absolute atomic E-state index is 0.0499. The summed E-state index contributed by atoms with van der Waals surface area (Å²) in [4.78, 5) is 12.5. The van der Waals surface area contributed by atoms with E-state index in [1.165, 1.54) is 0 Å². The summed E-state index contributed by atoms with van der Waals surface area (Å²) in [5, 5.41) is 6.25. The number of carbonyl (C=O) groups excluding carboxylic acids is 1. The monoisotopic (exact) mass is 282 g/mol. The number of rotatable bonds is 3. The van der Waals surface area contributed by atoms with E-state index in [-0.39, 0.29) is 11.9 Å². The van der Waals surface area contributed by atoms with E-state index in [0.717, 1.165) is 17.8 Å². The molecule has 0 unspecified atom stereocenters. The number of nitrogens with one attached hydrogen (secondary N) is 2. The van der Waals surface area contributed by atoms with Crippen LogP contribution in [-0.4, -0.2) is 19.1 Å². The first-order valence-corrected chi connectivity index (χ1v) is 7.11. The zero-order chi connectivity index (χ0) is 14.7. The average molecular weight is 282 g/mol. The Bertz CT molecular complexity index is 640. The number of ether oxygens (including phenoxy) is 1. The number of carbonyl (C=O) groups is 1. The molecule has 0 saturated carbocycles. The van der Waals surface area contributed by atoms with Crippen LogP contribution >= 0.6 is 0 Å². The second kappa shape index (κ2) is 5.87. The van der Waals surface area contributed by atoms with Gasteiger partial charge in [0.2, 0.25) is 0 Å². The summed E-state index contributed by atoms with van der Waals surface area (Å²) in [6.07, 6.45) is 0. The third kappa shape index (κ3) is 2.84. The Morgan fingerprint density at radius 3 is 2.81 bits per heavy atom. The predicted octanol–water partition coefficient (Wildman–Crippen LogP) is 2.98. The Morgan fingerprint density at radius 2 is 2.00 bits per heavy atom. The van der Waals surface area contributed by atoms with Crippen LogP contribution in [0.25, 0.3) is 0 Å². The van der Waals surface area contributed by atoms with Gasteiger partial charge in [-0.15, -0.1) is 0 Å². The van der Waals surface area contributed by atoms with Crippen molar-refractivity contribution in [1.29, 1.82) is 0 Å². The number of fused-ring (bicyclic) bond motifs is 1. The van der Waals surface area contributed by atoms with Crippen LogP contribution in [0.5, 0.6) is 5.75 Å². The van der Waals surface area contributed by atoms with Gasteiger partial charge in [-0.3, -0.25) is 4.79 Å². The van der Waals surface area contributed by atoms with Gasteiger partial charge in [0, 0.05) is 6.54 Å². The van der Waals surface area contributed by atoms with Gasteiger partial charge >= 0.3 is 0 Å². The van der Waals surface area contributed by atoms with Crippen LogP contribution in [0.15, 0.2) is 48.5 Å². The Kier molecular flexibility index (Phi) is 3.77. The first kappa shape index (κ1) is 13.5. The largest absolute Gasteiger partial charge is 0.489 e. The second-order valence-electron chi connectivity index (χ2n) is 5.06. The standard InChI is InChI=1S/C17H18N2O2/c1-12(13-6-3-2-4-7-13)19-17(20)14-8-5-9-15-16(14)21-11-10-18-15/h2-9,12,18H,10-11H2,1H3,(H,19,20)/t12-/m1/s1. The van der Waals surface area contributed by atoms with Crippen molar-refractivity contribution in [1.82, 2.24) is 5.32 Å². The first-order chi connectivity index (χ1) is 10.3. The SMILES string of the molecule is C[C@@H](NC(=O)c1cccc2c1OCCN2)c1ccccc1. The van der Waals surface area contributed by atoms with Gasteiger partial charge in [0.1, 0.15) is 6.61 Å². The smallest absolute Gasteiger partial charge is 0.255 e. The van der Waals surface area contributed by atoms with E-state index in [0.29, 0.717) is 17.9 Å². The van der Waals surface area contributed by atoms with Crippen molar-refractivity contribution in [2.75, 3.05) is 18.5 Å². The summed E-state index contributed by atoms with van der Waals surface area (Å²) < 4.78 is 5.64. The molecule has 0 radical (unpaired) electrons. The van der Waals surface area contributed by atoms with Crippen LogP contribution in [0.3, 0.4) is 0 Å². The molecule has 1 heterocycles. The molecule has 1 aliphatic heterocycles. The van der Waals surface area contributed by atoms with Crippen LogP contribution < -0.4 is 15.4 Å². The van der Waals surface area contributed by atoms with E-state index in [1.54, 1.807) is 6.07 Å². The quantitative estimate of drug-likeness (QED) is 0.910. The third-order valence-corrected chi connectivity index (χ3v) is 3.57. The number of hydrogen-bond acceptors (Lipinski definition) is 3. The topological polar surface area (TPSA) is 50.4 Å². The van der Waals surface area contributed by atoms with Crippen LogP contribution in [-0.2, 0) is 0 Å². The number of para-hydroxylation sites is 1. The van der Waals surface area contributed by atoms with E-state index < -0.39 is 0 Å². The minimum Gasteiger partial charge on any atom is -0.489 e. The number of benzene rings is 2. The Labute approximate surface area is 124 Å². The number of amides is 1. The molecule has 0 aromatic heterocycles. The fourth-order valence-electron chi connectivity index (χ4n) is 2.45. The lowest BCUT2D eigenvalue weighted by molar-refractivity contribution is 0.0935. The fourth-order valence-corrected chi connectivity index (χ4v) is 2.45. The van der Waals surface area contributed by atoms with Gasteiger partial charge in [-0.1, -0.05) is 36.4 Å². The molecule has 2 aromatic rings. The van der Waals surface area contributed by atoms with Gasteiger partial charge in [-0.05, 0) is 24.6 Å². The minimum atomic E-state index is -0.119. The molecule has 0 spiro atoms. The lowest BCUT2D eigenvalue weighted by Gasteiger charge is -2.22. The summed E-state index contributed by atoms with van der Waals surface area (Å²) >= 11 is 0. The van der Waals surface area contributed by atoms with Crippen molar-refractivity contribution < 1.29 is 9.53 Å². The zero-order valence-corrected chi connectivity index (χ0v) is 11.9. The Hall–Kier alpha value is -2.49. The Morgan fingerprint density at radius 1 is 1.19 bits per heavy atom. The highest BCUT2D eigenvalue weighted by Gasteiger charge is 2.20. The van der Waals surface area contributed by atoms with Crippen molar-refractivity contribution in [3.05, 3.63) is 59.7 Å². The first-order valence-electron chi connectivity index (χ1n) is 7.11. The van der Waals surface area contributed by atoms with E-state index >= 15 is 0 Å². The Balaban J connectivity index is 1.80. The van der Waals surface area contributed by atoms with Gasteiger partial charge in [0.05, 0.1) is 17.3 Å². The normalized spacial score (nSPS) is 14.3. The molecule has 108 valence electrons. The maximum atomic E-state index is 12.5. The molecular weight excluding hydrogens is 264 g/mol. The second-order valence-corrected chi connectivity index (χ2v) is 5.06. The van der Waals surface area contributed by atoms with Gasteiger partial charge in [-0.2, -0.15) is 0 Å². The molecule has 3 rings (SSSR count). The van der Waals surface area contributed by atoms with E-state index in [9.17, 15) is 4.79 Å². The van der Waals surface area contributed by atoms with Gasteiger partial charge < -0.3 is 15.4 Å². The maximum Gasteiger partial charge on any atom is 0.255 e. The molecule has 0 saturated heterocycles. The summed E-state index contributed by atoms with van der Waals surface area (Å²) in [5.74, 6) is 0.522. The van der Waals surface area contributed by atoms with Crippen molar-refractivity contribution in [3.63, 3.8) is 0 Å². The van der Waals surface area contributed by atoms with Crippen LogP contribution in [0.2, 0.25) is 0 Å². The van der Waals surface area contributed by atoms with E-state index in [4.69, 9.17) is 4.74 Å². The summed E-state index contributed by atoms with van der Waals surface area (Å²) in [6.45, 7) is 3.31. The highest BCUT2D eigenvalue weighted by atomic mass is 16.5. The highest BCUT2D eigenvalue weighted by molar-refractivity contribution is 5.99. The maximum absolute atomic E-state index is 12.5. The lowest BCUT2D eigenvalue weighted by atomic mass is 10.1. The van der Waals surface area contributed by atoms with Crippen LogP contribution in [0, 0.1) is 0 Å². The average Bonchev–Trinajstić information content (AvgIpc) is 2.55. The molecule has 1 aliphatic rings. The molecule has 4 heteroatoms. The lowest BCUT2D eigenvalue weighted by Crippen LogP contribution is -2.28. The molecule has 0 bridgehead atoms. The third-order valence-electron chi connectivity index (χ3n) is 3.57. The van der Waals surface area contributed by atoms with E-state index in [1.807, 2.05) is 49.4 Å². The van der Waals surface area contributed by atoms with Crippen molar-refractivity contribution >= 4 is 11.6 Å². The molecule has 4 nitrogen and oxygen atoms in total. The number of hydrogen-bond donors (Lipinski definition) is 2. The van der Waals surface area contributed by atoms with Crippen LogP contribution in [0.4, 0.5) is 5.69 Å². The van der Waals surface area contributed by atoms with Gasteiger partial charge in [0.25, 0.3) is 5.91 Å². The summed E-state index contributed by atoms with van der Waals surface area (Å²) in [5.41, 5.74) is 2.53. The van der Waals surface area contributed by atoms with E-state index in [2.05, 4.69) is 10.6 Å². The predicted molar refractivity (Wildman–Crippen MR) is 82.7 cm³/mol. The molecule has 0 aliphatic carbocycles. The van der Waals surface area contributed by atoms with Gasteiger partial charge in [-0.25, -0.2) is 0 Å². The summed E-state index contributed by atoms with van der Waals surface area (Å²) in [6, 6.07) is 15.4. The fraction of sp³-hybridized carbons (Fsp3) is 0.235. The molecule has 1 amide bonds. The molecule has 2 aromatic carbocycles. The van der Waals surface area contributed by atoms with Gasteiger partial charge in [0.15, 0.2) is 5.75 Å². The van der Waals surface area contributed by atoms with Crippen molar-refractivity contribution in [2.45, 2.75) is 13.0 Å². The molecule has 0 fully saturated rings. The van der Waals surface area contributed by atoms with Crippen LogP contribution in [0.1, 0.15) is 28.9 Å². The number of anilines is 1.